The molecule has 0 atom stereocenters. The molecule has 0 aliphatic carbocycles. The Labute approximate surface area is 153 Å². The average molecular weight is 380 g/mol. The number of nitro benzene ring substituents is 1. The van der Waals surface area contributed by atoms with Crippen LogP contribution in [0.1, 0.15) is 0 Å². The van der Waals surface area contributed by atoms with Crippen molar-refractivity contribution in [3.05, 3.63) is 51.5 Å². The molecule has 0 fully saturated rings. The molecule has 0 aliphatic heterocycles. The summed E-state index contributed by atoms with van der Waals surface area (Å²) in [4.78, 5) is 34.1. The molecule has 0 saturated carbocycles. The fourth-order valence-corrected chi connectivity index (χ4v) is 2.22. The number of benzene rings is 2. The number of carbonyl (C=O) groups is 2. The van der Waals surface area contributed by atoms with Crippen molar-refractivity contribution >= 4 is 40.5 Å². The maximum absolute atomic E-state index is 12.1. The number of nitrogens with one attached hydrogen (secondary N) is 2. The molecule has 2 aromatic rings. The van der Waals surface area contributed by atoms with Gasteiger partial charge < -0.3 is 20.1 Å². The van der Waals surface area contributed by atoms with E-state index >= 15 is 0 Å². The molecular weight excluding hydrogens is 366 g/mol. The first-order valence-corrected chi connectivity index (χ1v) is 7.51. The maximum Gasteiger partial charge on any atom is 0.314 e. The van der Waals surface area contributed by atoms with Gasteiger partial charge in [0.2, 0.25) is 0 Å². The van der Waals surface area contributed by atoms with Crippen LogP contribution in [0.4, 0.5) is 17.1 Å². The number of nitro groups is 1. The number of nitrogens with zero attached hydrogens (tertiary/aromatic N) is 1. The van der Waals surface area contributed by atoms with Crippen molar-refractivity contribution in [2.45, 2.75) is 0 Å². The Morgan fingerprint density at radius 3 is 2.12 bits per heavy atom. The summed E-state index contributed by atoms with van der Waals surface area (Å²) in [5, 5.41) is 15.6. The Kier molecular flexibility index (Phi) is 5.97. The SMILES string of the molecule is COc1cc(NC(=O)C(=O)Nc2ccc([N+](=O)[O-])cc2)c(OC)cc1Cl. The Morgan fingerprint density at radius 1 is 1.00 bits per heavy atom. The van der Waals surface area contributed by atoms with Gasteiger partial charge >= 0.3 is 11.8 Å². The number of hydrogen-bond acceptors (Lipinski definition) is 6. The lowest BCUT2D eigenvalue weighted by Crippen LogP contribution is -2.29. The van der Waals surface area contributed by atoms with E-state index in [0.29, 0.717) is 5.75 Å². The predicted molar refractivity (Wildman–Crippen MR) is 94.9 cm³/mol. The fraction of sp³-hybridized carbons (Fsp3) is 0.125. The highest BCUT2D eigenvalue weighted by molar-refractivity contribution is 6.44. The summed E-state index contributed by atoms with van der Waals surface area (Å²) in [6.07, 6.45) is 0. The van der Waals surface area contributed by atoms with Crippen molar-refractivity contribution < 1.29 is 24.0 Å². The van der Waals surface area contributed by atoms with Gasteiger partial charge in [-0.3, -0.25) is 19.7 Å². The summed E-state index contributed by atoms with van der Waals surface area (Å²) in [5.74, 6) is -1.40. The van der Waals surface area contributed by atoms with Crippen LogP contribution in [0, 0.1) is 10.1 Å². The molecule has 0 bridgehead atoms. The molecule has 0 unspecified atom stereocenters. The predicted octanol–water partition coefficient (Wildman–Crippen LogP) is 2.84. The van der Waals surface area contributed by atoms with Crippen molar-refractivity contribution in [3.63, 3.8) is 0 Å². The lowest BCUT2D eigenvalue weighted by molar-refractivity contribution is -0.384. The van der Waals surface area contributed by atoms with Gasteiger partial charge in [-0.15, -0.1) is 0 Å². The van der Waals surface area contributed by atoms with Crippen LogP contribution in [0.5, 0.6) is 11.5 Å². The van der Waals surface area contributed by atoms with Gasteiger partial charge in [0.25, 0.3) is 5.69 Å². The average Bonchev–Trinajstić information content (AvgIpc) is 2.63. The summed E-state index contributed by atoms with van der Waals surface area (Å²) in [7, 11) is 2.78. The number of methoxy groups -OCH3 is 2. The van der Waals surface area contributed by atoms with Gasteiger partial charge in [0.1, 0.15) is 11.5 Å². The van der Waals surface area contributed by atoms with E-state index in [-0.39, 0.29) is 27.8 Å². The lowest BCUT2D eigenvalue weighted by atomic mass is 10.2. The molecular formula is C16H14ClN3O6. The van der Waals surface area contributed by atoms with Crippen molar-refractivity contribution in [2.75, 3.05) is 24.9 Å². The molecule has 0 saturated heterocycles. The zero-order valence-electron chi connectivity index (χ0n) is 13.7. The molecule has 0 heterocycles. The van der Waals surface area contributed by atoms with Gasteiger partial charge in [0.15, 0.2) is 0 Å². The van der Waals surface area contributed by atoms with Gasteiger partial charge in [0.05, 0.1) is 29.9 Å². The minimum atomic E-state index is -0.967. The Hall–Kier alpha value is -3.33. The van der Waals surface area contributed by atoms with E-state index in [4.69, 9.17) is 21.1 Å². The van der Waals surface area contributed by atoms with Crippen LogP contribution >= 0.6 is 11.6 Å². The Morgan fingerprint density at radius 2 is 1.58 bits per heavy atom. The standard InChI is InChI=1S/C16H14ClN3O6/c1-25-13-8-12(14(26-2)7-11(13)17)19-16(22)15(21)18-9-3-5-10(6-4-9)20(23)24/h3-8H,1-2H3,(H,18,21)(H,19,22). The third kappa shape index (κ3) is 4.39. The van der Waals surface area contributed by atoms with E-state index < -0.39 is 16.7 Å². The highest BCUT2D eigenvalue weighted by atomic mass is 35.5. The molecule has 26 heavy (non-hydrogen) atoms. The van der Waals surface area contributed by atoms with Crippen LogP contribution in [0.3, 0.4) is 0 Å². The zero-order chi connectivity index (χ0) is 19.3. The van der Waals surface area contributed by atoms with Crippen LogP contribution in [-0.2, 0) is 9.59 Å². The van der Waals surface area contributed by atoms with E-state index in [9.17, 15) is 19.7 Å². The first-order valence-electron chi connectivity index (χ1n) is 7.14. The number of anilines is 2. The lowest BCUT2D eigenvalue weighted by Gasteiger charge is -2.13. The van der Waals surface area contributed by atoms with E-state index in [0.717, 1.165) is 0 Å². The molecule has 9 nitrogen and oxygen atoms in total. The molecule has 0 spiro atoms. The molecule has 2 rings (SSSR count). The quantitative estimate of drug-likeness (QED) is 0.468. The fourth-order valence-electron chi connectivity index (χ4n) is 1.99. The van der Waals surface area contributed by atoms with Gasteiger partial charge in [-0.05, 0) is 12.1 Å². The second-order valence-corrected chi connectivity index (χ2v) is 5.31. The van der Waals surface area contributed by atoms with Crippen molar-refractivity contribution in [1.82, 2.24) is 0 Å². The van der Waals surface area contributed by atoms with E-state index in [2.05, 4.69) is 10.6 Å². The van der Waals surface area contributed by atoms with E-state index in [1.165, 1.54) is 50.6 Å². The second-order valence-electron chi connectivity index (χ2n) is 4.90. The largest absolute Gasteiger partial charge is 0.495 e. The second kappa shape index (κ2) is 8.17. The first-order chi connectivity index (χ1) is 12.3. The van der Waals surface area contributed by atoms with Crippen molar-refractivity contribution in [3.8, 4) is 11.5 Å². The number of carbonyl (C=O) groups excluding carboxylic acids is 2. The molecule has 0 radical (unpaired) electrons. The normalized spacial score (nSPS) is 9.96. The molecule has 2 aromatic carbocycles. The van der Waals surface area contributed by atoms with Gasteiger partial charge in [-0.25, -0.2) is 0 Å². The number of non-ortho nitro benzene ring substituents is 1. The van der Waals surface area contributed by atoms with Crippen LogP contribution in [0.15, 0.2) is 36.4 Å². The number of rotatable bonds is 5. The van der Waals surface area contributed by atoms with E-state index in [1.807, 2.05) is 0 Å². The number of halogens is 1. The molecule has 0 aromatic heterocycles. The molecule has 0 aliphatic rings. The zero-order valence-corrected chi connectivity index (χ0v) is 14.5. The minimum absolute atomic E-state index is 0.134. The number of amides is 2. The van der Waals surface area contributed by atoms with Crippen LogP contribution in [-0.4, -0.2) is 31.0 Å². The number of ether oxygens (including phenoxy) is 2. The summed E-state index contributed by atoms with van der Waals surface area (Å²) < 4.78 is 10.2. The van der Waals surface area contributed by atoms with E-state index in [1.54, 1.807) is 0 Å². The number of hydrogen-bond donors (Lipinski definition) is 2. The van der Waals surface area contributed by atoms with Crippen molar-refractivity contribution in [2.24, 2.45) is 0 Å². The summed E-state index contributed by atoms with van der Waals surface area (Å²) in [6, 6.07) is 7.90. The molecule has 2 N–H and O–H groups in total. The first kappa shape index (κ1) is 19.0. The summed E-state index contributed by atoms with van der Waals surface area (Å²) in [5.41, 5.74) is 0.291. The van der Waals surface area contributed by atoms with Crippen molar-refractivity contribution in [1.29, 1.82) is 0 Å². The molecule has 10 heteroatoms. The highest BCUT2D eigenvalue weighted by Gasteiger charge is 2.18. The van der Waals surface area contributed by atoms with Gasteiger partial charge in [0, 0.05) is 30.0 Å². The Balaban J connectivity index is 2.11. The summed E-state index contributed by atoms with van der Waals surface area (Å²) >= 11 is 5.98. The third-order valence-electron chi connectivity index (χ3n) is 3.26. The summed E-state index contributed by atoms with van der Waals surface area (Å²) in [6.45, 7) is 0. The Bertz CT molecular complexity index is 854. The van der Waals surface area contributed by atoms with Crippen LogP contribution in [0.2, 0.25) is 5.02 Å². The monoisotopic (exact) mass is 379 g/mol. The van der Waals surface area contributed by atoms with Gasteiger partial charge in [-0.2, -0.15) is 0 Å². The highest BCUT2D eigenvalue weighted by Crippen LogP contribution is 2.35. The molecule has 2 amide bonds. The van der Waals surface area contributed by atoms with Crippen LogP contribution < -0.4 is 20.1 Å². The third-order valence-corrected chi connectivity index (χ3v) is 3.56. The minimum Gasteiger partial charge on any atom is -0.495 e. The maximum atomic E-state index is 12.1. The topological polar surface area (TPSA) is 120 Å². The van der Waals surface area contributed by atoms with Gasteiger partial charge in [-0.1, -0.05) is 11.6 Å². The smallest absolute Gasteiger partial charge is 0.314 e. The molecule has 136 valence electrons. The van der Waals surface area contributed by atoms with Crippen LogP contribution in [0.25, 0.3) is 0 Å².